The van der Waals surface area contributed by atoms with Crippen molar-refractivity contribution in [1.29, 1.82) is 0 Å². The average Bonchev–Trinajstić information content (AvgIpc) is 2.62. The van der Waals surface area contributed by atoms with Gasteiger partial charge in [-0.15, -0.1) is 23.5 Å². The molecule has 0 N–H and O–H groups in total. The van der Waals surface area contributed by atoms with Crippen LogP contribution in [-0.4, -0.2) is 46.6 Å². The zero-order chi connectivity index (χ0) is 16.8. The fraction of sp³-hybridized carbons (Fsp3) is 1.00. The average molecular weight is 391 g/mol. The van der Waals surface area contributed by atoms with E-state index >= 15 is 0 Å². The maximum atomic E-state index is 5.61. The predicted molar refractivity (Wildman–Crippen MR) is 110 cm³/mol. The van der Waals surface area contributed by atoms with Crippen LogP contribution in [0.1, 0.15) is 52.4 Å². The number of hydrogen-bond donors (Lipinski definition) is 0. The van der Waals surface area contributed by atoms with Crippen molar-refractivity contribution >= 4 is 35.3 Å². The molecule has 3 aliphatic heterocycles. The van der Waals surface area contributed by atoms with Gasteiger partial charge in [-0.05, 0) is 81.5 Å². The van der Waals surface area contributed by atoms with Gasteiger partial charge in [0.25, 0.3) is 0 Å². The molecular weight excluding hydrogens is 356 g/mol. The van der Waals surface area contributed by atoms with Crippen LogP contribution in [0.15, 0.2) is 0 Å². The number of rotatable bonds is 6. The molecule has 5 heteroatoms. The first kappa shape index (κ1) is 19.7. The van der Waals surface area contributed by atoms with Crippen molar-refractivity contribution in [2.45, 2.75) is 68.5 Å². The molecule has 0 aliphatic carbocycles. The second-order valence-electron chi connectivity index (χ2n) is 7.75. The minimum Gasteiger partial charge on any atom is -0.353 e. The molecule has 2 atom stereocenters. The van der Waals surface area contributed by atoms with Crippen LogP contribution in [0, 0.1) is 17.8 Å². The summed E-state index contributed by atoms with van der Waals surface area (Å²) < 4.78 is 12.1. The molecule has 0 aromatic rings. The first-order chi connectivity index (χ1) is 11.7. The molecule has 2 unspecified atom stereocenters. The van der Waals surface area contributed by atoms with Crippen molar-refractivity contribution < 1.29 is 9.47 Å². The maximum Gasteiger partial charge on any atom is 0.154 e. The van der Waals surface area contributed by atoms with Gasteiger partial charge in [-0.3, -0.25) is 0 Å². The summed E-state index contributed by atoms with van der Waals surface area (Å²) in [6.45, 7) is 6.16. The lowest BCUT2D eigenvalue weighted by Crippen LogP contribution is -2.30. The molecule has 3 aliphatic rings. The third kappa shape index (κ3) is 6.61. The van der Waals surface area contributed by atoms with Gasteiger partial charge in [0.15, 0.2) is 6.29 Å². The summed E-state index contributed by atoms with van der Waals surface area (Å²) in [4.78, 5) is 0. The highest BCUT2D eigenvalue weighted by Crippen LogP contribution is 2.38. The van der Waals surface area contributed by atoms with Gasteiger partial charge in [0.05, 0.1) is 13.2 Å². The third-order valence-electron chi connectivity index (χ3n) is 5.61. The molecule has 0 spiro atoms. The molecule has 140 valence electrons. The van der Waals surface area contributed by atoms with E-state index in [1.807, 2.05) is 6.92 Å². The first-order valence-electron chi connectivity index (χ1n) is 9.77. The van der Waals surface area contributed by atoms with Gasteiger partial charge in [-0.1, -0.05) is 0 Å². The van der Waals surface area contributed by atoms with Gasteiger partial charge in [0, 0.05) is 15.7 Å². The molecule has 0 aromatic heterocycles. The summed E-state index contributed by atoms with van der Waals surface area (Å²) in [6, 6.07) is 0. The van der Waals surface area contributed by atoms with Crippen molar-refractivity contribution in [2.75, 3.05) is 30.5 Å². The molecular formula is C19H34O2S3. The fourth-order valence-electron chi connectivity index (χ4n) is 3.82. The second-order valence-corrected chi connectivity index (χ2v) is 12.1. The Labute approximate surface area is 161 Å². The Kier molecular flexibility index (Phi) is 8.50. The van der Waals surface area contributed by atoms with Crippen LogP contribution in [0.3, 0.4) is 0 Å². The fourth-order valence-corrected chi connectivity index (χ4v) is 7.96. The van der Waals surface area contributed by atoms with E-state index in [-0.39, 0.29) is 6.29 Å². The first-order valence-corrected chi connectivity index (χ1v) is 12.9. The molecule has 0 amide bonds. The van der Waals surface area contributed by atoms with Crippen molar-refractivity contribution in [3.63, 3.8) is 0 Å². The van der Waals surface area contributed by atoms with Gasteiger partial charge >= 0.3 is 0 Å². The van der Waals surface area contributed by atoms with Crippen molar-refractivity contribution in [3.8, 4) is 0 Å². The van der Waals surface area contributed by atoms with Crippen LogP contribution < -0.4 is 0 Å². The molecule has 0 aromatic carbocycles. The van der Waals surface area contributed by atoms with E-state index in [1.165, 1.54) is 55.8 Å². The smallest absolute Gasteiger partial charge is 0.154 e. The van der Waals surface area contributed by atoms with E-state index in [4.69, 9.17) is 9.47 Å². The lowest BCUT2D eigenvalue weighted by molar-refractivity contribution is -0.191. The topological polar surface area (TPSA) is 18.5 Å². The normalized spacial score (nSPS) is 41.2. The Morgan fingerprint density at radius 1 is 0.708 bits per heavy atom. The Morgan fingerprint density at radius 2 is 1.33 bits per heavy atom. The summed E-state index contributed by atoms with van der Waals surface area (Å²) >= 11 is 6.61. The molecule has 0 saturated carbocycles. The largest absolute Gasteiger partial charge is 0.353 e. The molecule has 3 fully saturated rings. The predicted octanol–water partition coefficient (Wildman–Crippen LogP) is 5.51. The quantitative estimate of drug-likeness (QED) is 0.593. The van der Waals surface area contributed by atoms with E-state index in [0.717, 1.165) is 34.9 Å². The summed E-state index contributed by atoms with van der Waals surface area (Å²) in [5.41, 5.74) is 0. The number of hydrogen-bond acceptors (Lipinski definition) is 5. The summed E-state index contributed by atoms with van der Waals surface area (Å²) in [6.07, 6.45) is 8.50. The van der Waals surface area contributed by atoms with Gasteiger partial charge in [-0.25, -0.2) is 0 Å². The summed E-state index contributed by atoms with van der Waals surface area (Å²) in [5, 5.41) is 0.942. The monoisotopic (exact) mass is 390 g/mol. The summed E-state index contributed by atoms with van der Waals surface area (Å²) in [7, 11) is 0. The van der Waals surface area contributed by atoms with Gasteiger partial charge in [0.1, 0.15) is 0 Å². The van der Waals surface area contributed by atoms with E-state index in [0.29, 0.717) is 5.92 Å². The van der Waals surface area contributed by atoms with Gasteiger partial charge in [0.2, 0.25) is 0 Å². The van der Waals surface area contributed by atoms with Crippen LogP contribution in [0.4, 0.5) is 0 Å². The zero-order valence-corrected chi connectivity index (χ0v) is 17.7. The van der Waals surface area contributed by atoms with E-state index in [2.05, 4.69) is 42.2 Å². The molecule has 3 heterocycles. The van der Waals surface area contributed by atoms with Crippen LogP contribution in [-0.2, 0) is 9.47 Å². The van der Waals surface area contributed by atoms with Crippen molar-refractivity contribution in [3.05, 3.63) is 0 Å². The SMILES string of the molecule is CC1OCC(CCC2CCC(CCC3CSC(C)SC3)SC2)CO1. The maximum absolute atomic E-state index is 5.61. The van der Waals surface area contributed by atoms with Crippen molar-refractivity contribution in [2.24, 2.45) is 17.8 Å². The van der Waals surface area contributed by atoms with Gasteiger partial charge in [-0.2, -0.15) is 11.8 Å². The highest BCUT2D eigenvalue weighted by Gasteiger charge is 2.26. The highest BCUT2D eigenvalue weighted by molar-refractivity contribution is 8.17. The van der Waals surface area contributed by atoms with Crippen LogP contribution in [0.5, 0.6) is 0 Å². The van der Waals surface area contributed by atoms with E-state index in [9.17, 15) is 0 Å². The zero-order valence-electron chi connectivity index (χ0n) is 15.3. The van der Waals surface area contributed by atoms with Crippen LogP contribution in [0.2, 0.25) is 0 Å². The van der Waals surface area contributed by atoms with Crippen molar-refractivity contribution in [1.82, 2.24) is 0 Å². The van der Waals surface area contributed by atoms with Gasteiger partial charge < -0.3 is 9.47 Å². The minimum atomic E-state index is 0.0106. The third-order valence-corrected chi connectivity index (χ3v) is 10.3. The molecule has 0 bridgehead atoms. The lowest BCUT2D eigenvalue weighted by Gasteiger charge is -2.32. The summed E-state index contributed by atoms with van der Waals surface area (Å²) in [5.74, 6) is 6.74. The standard InChI is InChI=1S/C19H34O2S3/c1-14-20-9-17(10-21-14)4-3-16-5-7-19(24-11-16)8-6-18-12-22-15(2)23-13-18/h14-19H,3-13H2,1-2H3. The molecule has 0 radical (unpaired) electrons. The van der Waals surface area contributed by atoms with Crippen LogP contribution in [0.25, 0.3) is 0 Å². The molecule has 3 saturated heterocycles. The highest BCUT2D eigenvalue weighted by atomic mass is 32.2. The Bertz CT molecular complexity index is 311. The molecule has 2 nitrogen and oxygen atoms in total. The Balaban J connectivity index is 1.24. The van der Waals surface area contributed by atoms with E-state index in [1.54, 1.807) is 0 Å². The Morgan fingerprint density at radius 3 is 2.00 bits per heavy atom. The number of ether oxygens (including phenoxy) is 2. The van der Waals surface area contributed by atoms with E-state index < -0.39 is 0 Å². The molecule has 3 rings (SSSR count). The van der Waals surface area contributed by atoms with Crippen LogP contribution >= 0.6 is 35.3 Å². The number of thioether (sulfide) groups is 3. The Hall–Kier alpha value is 0.970. The second kappa shape index (κ2) is 10.3. The minimum absolute atomic E-state index is 0.0106. The molecule has 24 heavy (non-hydrogen) atoms. The lowest BCUT2D eigenvalue weighted by atomic mass is 9.92.